The third-order valence-corrected chi connectivity index (χ3v) is 4.52. The topological polar surface area (TPSA) is 79.4 Å². The minimum absolute atomic E-state index is 0.426. The Morgan fingerprint density at radius 1 is 1.26 bits per heavy atom. The van der Waals surface area contributed by atoms with Gasteiger partial charge in [-0.3, -0.25) is 14.1 Å². The monoisotopic (exact) mass is 333 g/mol. The molecule has 1 heterocycles. The Kier molecular flexibility index (Phi) is 5.00. The number of benzene rings is 1. The molecule has 0 saturated carbocycles. The van der Waals surface area contributed by atoms with Gasteiger partial charge < -0.3 is 5.32 Å². The molecular weight excluding hydrogens is 314 g/mol. The number of carbonyl (C=O) groups excluding carboxylic acids is 1. The Morgan fingerprint density at radius 3 is 2.57 bits per heavy atom. The van der Waals surface area contributed by atoms with Crippen molar-refractivity contribution in [3.63, 3.8) is 0 Å². The van der Waals surface area contributed by atoms with E-state index >= 15 is 0 Å². The van der Waals surface area contributed by atoms with E-state index in [1.54, 1.807) is 43.5 Å². The zero-order valence-corrected chi connectivity index (χ0v) is 14.0. The van der Waals surface area contributed by atoms with Crippen molar-refractivity contribution in [2.75, 3.05) is 15.9 Å². The summed E-state index contributed by atoms with van der Waals surface area (Å²) in [5.74, 6) is -0.426. The second-order valence-electron chi connectivity index (χ2n) is 5.30. The van der Waals surface area contributed by atoms with Crippen LogP contribution in [0.2, 0.25) is 0 Å². The van der Waals surface area contributed by atoms with Crippen LogP contribution in [0.1, 0.15) is 12.5 Å². The Labute approximate surface area is 136 Å². The molecule has 23 heavy (non-hydrogen) atoms. The van der Waals surface area contributed by atoms with E-state index in [1.807, 2.05) is 13.0 Å². The molecule has 0 radical (unpaired) electrons. The number of anilines is 2. The molecule has 1 atom stereocenters. The first-order chi connectivity index (χ1) is 10.8. The van der Waals surface area contributed by atoms with Crippen LogP contribution in [0.5, 0.6) is 0 Å². The highest BCUT2D eigenvalue weighted by molar-refractivity contribution is 7.92. The molecule has 0 unspecified atom stereocenters. The summed E-state index contributed by atoms with van der Waals surface area (Å²) < 4.78 is 25.5. The van der Waals surface area contributed by atoms with Crippen LogP contribution in [-0.4, -0.2) is 31.6 Å². The van der Waals surface area contributed by atoms with Gasteiger partial charge in [0, 0.05) is 6.20 Å². The van der Waals surface area contributed by atoms with Gasteiger partial charge >= 0.3 is 0 Å². The van der Waals surface area contributed by atoms with Crippen LogP contribution >= 0.6 is 0 Å². The van der Waals surface area contributed by atoms with Crippen molar-refractivity contribution in [1.82, 2.24) is 4.98 Å². The van der Waals surface area contributed by atoms with E-state index < -0.39 is 22.0 Å². The van der Waals surface area contributed by atoms with E-state index in [1.165, 1.54) is 6.20 Å². The van der Waals surface area contributed by atoms with Crippen molar-refractivity contribution in [3.8, 4) is 0 Å². The average molecular weight is 333 g/mol. The molecule has 1 aromatic carbocycles. The zero-order valence-electron chi connectivity index (χ0n) is 13.2. The first kappa shape index (κ1) is 17.0. The molecule has 2 rings (SSSR count). The van der Waals surface area contributed by atoms with Crippen LogP contribution < -0.4 is 9.62 Å². The molecule has 0 spiro atoms. The molecular formula is C16H19N3O3S. The van der Waals surface area contributed by atoms with Gasteiger partial charge in [0.1, 0.15) is 6.04 Å². The lowest BCUT2D eigenvalue weighted by Crippen LogP contribution is -2.45. The summed E-state index contributed by atoms with van der Waals surface area (Å²) in [4.78, 5) is 16.3. The van der Waals surface area contributed by atoms with Crippen molar-refractivity contribution in [1.29, 1.82) is 0 Å². The first-order valence-corrected chi connectivity index (χ1v) is 8.91. The molecule has 7 heteroatoms. The fraction of sp³-hybridized carbons (Fsp3) is 0.250. The van der Waals surface area contributed by atoms with Crippen LogP contribution in [0.3, 0.4) is 0 Å². The summed E-state index contributed by atoms with van der Waals surface area (Å²) in [7, 11) is -3.61. The minimum Gasteiger partial charge on any atom is -0.323 e. The van der Waals surface area contributed by atoms with Crippen LogP contribution in [0.4, 0.5) is 11.4 Å². The number of aryl methyl sites for hydroxylation is 1. The van der Waals surface area contributed by atoms with Gasteiger partial charge in [-0.15, -0.1) is 0 Å². The van der Waals surface area contributed by atoms with Gasteiger partial charge in [-0.1, -0.05) is 12.1 Å². The summed E-state index contributed by atoms with van der Waals surface area (Å²) in [6, 6.07) is 9.51. The fourth-order valence-electron chi connectivity index (χ4n) is 2.26. The molecule has 6 nitrogen and oxygen atoms in total. The van der Waals surface area contributed by atoms with Crippen LogP contribution in [0, 0.1) is 6.92 Å². The Morgan fingerprint density at radius 2 is 2.00 bits per heavy atom. The molecule has 0 aliphatic carbocycles. The minimum atomic E-state index is -3.61. The summed E-state index contributed by atoms with van der Waals surface area (Å²) in [6.45, 7) is 3.42. The molecule has 0 saturated heterocycles. The highest BCUT2D eigenvalue weighted by atomic mass is 32.2. The van der Waals surface area contributed by atoms with E-state index in [4.69, 9.17) is 0 Å². The van der Waals surface area contributed by atoms with Crippen molar-refractivity contribution in [2.24, 2.45) is 0 Å². The van der Waals surface area contributed by atoms with Gasteiger partial charge in [0.05, 0.1) is 23.8 Å². The number of hydrogen-bond acceptors (Lipinski definition) is 4. The highest BCUT2D eigenvalue weighted by Gasteiger charge is 2.29. The normalized spacial score (nSPS) is 12.5. The maximum Gasteiger partial charge on any atom is 0.248 e. The third-order valence-electron chi connectivity index (χ3n) is 3.27. The zero-order chi connectivity index (χ0) is 17.0. The van der Waals surface area contributed by atoms with Crippen molar-refractivity contribution < 1.29 is 13.2 Å². The van der Waals surface area contributed by atoms with Crippen LogP contribution in [-0.2, 0) is 14.8 Å². The summed E-state index contributed by atoms with van der Waals surface area (Å²) in [5, 5.41) is 2.67. The smallest absolute Gasteiger partial charge is 0.248 e. The first-order valence-electron chi connectivity index (χ1n) is 7.06. The quantitative estimate of drug-likeness (QED) is 0.909. The number of nitrogens with one attached hydrogen (secondary N) is 1. The predicted octanol–water partition coefficient (Wildman–Crippen LogP) is 2.18. The maximum atomic E-state index is 12.4. The van der Waals surface area contributed by atoms with Crippen LogP contribution in [0.25, 0.3) is 0 Å². The maximum absolute atomic E-state index is 12.4. The van der Waals surface area contributed by atoms with E-state index in [9.17, 15) is 13.2 Å². The van der Waals surface area contributed by atoms with Gasteiger partial charge in [0.15, 0.2) is 0 Å². The van der Waals surface area contributed by atoms with Gasteiger partial charge in [-0.25, -0.2) is 8.42 Å². The third kappa shape index (κ3) is 4.29. The molecule has 1 aromatic heterocycles. The number of pyridine rings is 1. The number of amides is 1. The number of hydrogen-bond donors (Lipinski definition) is 1. The lowest BCUT2D eigenvalue weighted by Gasteiger charge is -2.28. The lowest BCUT2D eigenvalue weighted by atomic mass is 10.2. The largest absolute Gasteiger partial charge is 0.323 e. The van der Waals surface area contributed by atoms with Crippen molar-refractivity contribution in [3.05, 3.63) is 54.4 Å². The van der Waals surface area contributed by atoms with Gasteiger partial charge in [0.2, 0.25) is 15.9 Å². The Bertz CT molecular complexity index is 791. The highest BCUT2D eigenvalue weighted by Crippen LogP contribution is 2.22. The van der Waals surface area contributed by atoms with E-state index in [2.05, 4.69) is 10.3 Å². The average Bonchev–Trinajstić information content (AvgIpc) is 2.47. The molecule has 0 aliphatic heterocycles. The Balaban J connectivity index is 2.31. The van der Waals surface area contributed by atoms with Gasteiger partial charge in [0.25, 0.3) is 0 Å². The van der Waals surface area contributed by atoms with E-state index in [-0.39, 0.29) is 0 Å². The van der Waals surface area contributed by atoms with Crippen molar-refractivity contribution >= 4 is 27.3 Å². The van der Waals surface area contributed by atoms with Crippen LogP contribution in [0.15, 0.2) is 48.8 Å². The molecule has 1 N–H and O–H groups in total. The second kappa shape index (κ2) is 6.78. The van der Waals surface area contributed by atoms with E-state index in [0.717, 1.165) is 16.1 Å². The molecule has 1 amide bonds. The summed E-state index contributed by atoms with van der Waals surface area (Å²) in [6.07, 6.45) is 4.18. The van der Waals surface area contributed by atoms with Crippen molar-refractivity contribution in [2.45, 2.75) is 19.9 Å². The number of aromatic nitrogens is 1. The fourth-order valence-corrected chi connectivity index (χ4v) is 3.42. The lowest BCUT2D eigenvalue weighted by molar-refractivity contribution is -0.116. The summed E-state index contributed by atoms with van der Waals surface area (Å²) >= 11 is 0. The number of carbonyl (C=O) groups is 1. The standard InChI is InChI=1S/C16H19N3O3S/c1-12-6-4-8-15(10-12)19(23(3,21)22)13(2)16(20)18-14-7-5-9-17-11-14/h4-11,13H,1-3H3,(H,18,20)/t13-/m0/s1. The molecule has 0 fully saturated rings. The number of nitrogens with zero attached hydrogens (tertiary/aromatic N) is 2. The predicted molar refractivity (Wildman–Crippen MR) is 90.8 cm³/mol. The van der Waals surface area contributed by atoms with Gasteiger partial charge in [-0.2, -0.15) is 0 Å². The molecule has 0 bridgehead atoms. The summed E-state index contributed by atoms with van der Waals surface area (Å²) in [5.41, 5.74) is 1.89. The number of sulfonamides is 1. The second-order valence-corrected chi connectivity index (χ2v) is 7.16. The Hall–Kier alpha value is -2.41. The molecule has 0 aliphatic rings. The SMILES string of the molecule is Cc1cccc(N([C@@H](C)C(=O)Nc2cccnc2)S(C)(=O)=O)c1. The van der Waals surface area contributed by atoms with E-state index in [0.29, 0.717) is 11.4 Å². The number of rotatable bonds is 5. The molecule has 122 valence electrons. The molecule has 2 aromatic rings. The van der Waals surface area contributed by atoms with Gasteiger partial charge in [-0.05, 0) is 43.7 Å².